The van der Waals surface area contributed by atoms with Gasteiger partial charge in [0.05, 0.1) is 10.9 Å². The molecule has 96 valence electrons. The number of carbonyl (C=O) groups excluding carboxylic acids is 2. The van der Waals surface area contributed by atoms with Gasteiger partial charge < -0.3 is 0 Å². The van der Waals surface area contributed by atoms with Crippen molar-refractivity contribution in [2.24, 2.45) is 0 Å². The van der Waals surface area contributed by atoms with E-state index in [0.717, 1.165) is 22.6 Å². The highest BCUT2D eigenvalue weighted by Crippen LogP contribution is 2.32. The third-order valence-corrected chi connectivity index (χ3v) is 4.39. The Morgan fingerprint density at radius 1 is 1.33 bits per heavy atom. The highest BCUT2D eigenvalue weighted by Gasteiger charge is 2.39. The summed E-state index contributed by atoms with van der Waals surface area (Å²) in [7, 11) is 0. The van der Waals surface area contributed by atoms with Crippen molar-refractivity contribution >= 4 is 29.3 Å². The summed E-state index contributed by atoms with van der Waals surface area (Å²) in [6.45, 7) is 5.94. The molecule has 0 aromatic heterocycles. The highest BCUT2D eigenvalue weighted by atomic mass is 32.2. The minimum absolute atomic E-state index is 0.0689. The van der Waals surface area contributed by atoms with Crippen molar-refractivity contribution in [3.05, 3.63) is 29.3 Å². The van der Waals surface area contributed by atoms with E-state index in [4.69, 9.17) is 0 Å². The zero-order chi connectivity index (χ0) is 13.3. The van der Waals surface area contributed by atoms with Gasteiger partial charge >= 0.3 is 0 Å². The molecular weight excluding hydrogens is 246 g/mol. The summed E-state index contributed by atoms with van der Waals surface area (Å²) < 4.78 is 0. The van der Waals surface area contributed by atoms with Crippen molar-refractivity contribution in [3.8, 4) is 0 Å². The fourth-order valence-corrected chi connectivity index (χ4v) is 3.08. The van der Waals surface area contributed by atoms with Crippen LogP contribution < -0.4 is 4.90 Å². The molecule has 0 saturated carbocycles. The lowest BCUT2D eigenvalue weighted by Crippen LogP contribution is -2.31. The molecule has 1 aromatic rings. The summed E-state index contributed by atoms with van der Waals surface area (Å²) in [5, 5.41) is -0.206. The van der Waals surface area contributed by atoms with E-state index in [1.54, 1.807) is 11.8 Å². The first kappa shape index (κ1) is 13.1. The number of hydrogen-bond donors (Lipinski definition) is 0. The van der Waals surface area contributed by atoms with Crippen molar-refractivity contribution in [1.29, 1.82) is 0 Å². The minimum atomic E-state index is -0.206. The van der Waals surface area contributed by atoms with Crippen LogP contribution in [-0.4, -0.2) is 22.8 Å². The Bertz CT molecular complexity index is 499. The van der Waals surface area contributed by atoms with Gasteiger partial charge in [0.25, 0.3) is 0 Å². The number of nitrogens with zero attached hydrogens (tertiary/aromatic N) is 1. The SMILES string of the molecule is CCS[C@H]1CC(=O)N(c2cccc(C)c2C)C1=O. The molecule has 0 N–H and O–H groups in total. The molecule has 1 aromatic carbocycles. The smallest absolute Gasteiger partial charge is 0.247 e. The van der Waals surface area contributed by atoms with Gasteiger partial charge in [0.15, 0.2) is 0 Å². The lowest BCUT2D eigenvalue weighted by atomic mass is 10.1. The van der Waals surface area contributed by atoms with E-state index in [1.807, 2.05) is 39.0 Å². The van der Waals surface area contributed by atoms with Crippen LogP contribution in [0.25, 0.3) is 0 Å². The zero-order valence-electron chi connectivity index (χ0n) is 10.9. The van der Waals surface area contributed by atoms with Crippen molar-refractivity contribution < 1.29 is 9.59 Å². The van der Waals surface area contributed by atoms with Gasteiger partial charge in [0.2, 0.25) is 11.8 Å². The molecular formula is C14H17NO2S. The van der Waals surface area contributed by atoms with Gasteiger partial charge in [-0.1, -0.05) is 19.1 Å². The normalized spacial score (nSPS) is 19.7. The summed E-state index contributed by atoms with van der Waals surface area (Å²) >= 11 is 1.55. The summed E-state index contributed by atoms with van der Waals surface area (Å²) in [4.78, 5) is 25.6. The predicted octanol–water partition coefficient (Wildman–Crippen LogP) is 2.69. The van der Waals surface area contributed by atoms with Crippen LogP contribution in [0.2, 0.25) is 0 Å². The van der Waals surface area contributed by atoms with E-state index < -0.39 is 0 Å². The topological polar surface area (TPSA) is 37.4 Å². The van der Waals surface area contributed by atoms with Crippen molar-refractivity contribution in [3.63, 3.8) is 0 Å². The van der Waals surface area contributed by atoms with E-state index in [0.29, 0.717) is 6.42 Å². The lowest BCUT2D eigenvalue weighted by molar-refractivity contribution is -0.121. The Morgan fingerprint density at radius 3 is 2.72 bits per heavy atom. The van der Waals surface area contributed by atoms with Crippen LogP contribution in [0.15, 0.2) is 18.2 Å². The maximum absolute atomic E-state index is 12.3. The molecule has 0 aliphatic carbocycles. The number of aryl methyl sites for hydroxylation is 1. The molecule has 2 amide bonds. The number of benzene rings is 1. The number of amides is 2. The van der Waals surface area contributed by atoms with Crippen LogP contribution in [0.1, 0.15) is 24.5 Å². The molecule has 4 heteroatoms. The van der Waals surface area contributed by atoms with Crippen LogP contribution in [0.4, 0.5) is 5.69 Å². The maximum Gasteiger partial charge on any atom is 0.247 e. The second-order valence-corrected chi connectivity index (χ2v) is 5.91. The first-order chi connectivity index (χ1) is 8.56. The average Bonchev–Trinajstić information content (AvgIpc) is 2.60. The third kappa shape index (κ3) is 2.17. The Kier molecular flexibility index (Phi) is 3.76. The van der Waals surface area contributed by atoms with Crippen LogP contribution in [0.3, 0.4) is 0 Å². The number of anilines is 1. The van der Waals surface area contributed by atoms with Crippen LogP contribution in [0.5, 0.6) is 0 Å². The molecule has 1 aliphatic heterocycles. The number of carbonyl (C=O) groups is 2. The summed E-state index contributed by atoms with van der Waals surface area (Å²) in [6, 6.07) is 5.72. The van der Waals surface area contributed by atoms with Crippen LogP contribution >= 0.6 is 11.8 Å². The predicted molar refractivity (Wildman–Crippen MR) is 74.9 cm³/mol. The first-order valence-electron chi connectivity index (χ1n) is 6.11. The molecule has 0 spiro atoms. The fraction of sp³-hybridized carbons (Fsp3) is 0.429. The van der Waals surface area contributed by atoms with Crippen molar-refractivity contribution in [2.45, 2.75) is 32.4 Å². The molecule has 0 radical (unpaired) electrons. The number of hydrogen-bond acceptors (Lipinski definition) is 3. The number of thioether (sulfide) groups is 1. The van der Waals surface area contributed by atoms with Crippen LogP contribution in [0, 0.1) is 13.8 Å². The Hall–Kier alpha value is -1.29. The number of imide groups is 1. The van der Waals surface area contributed by atoms with Gasteiger partial charge in [0, 0.05) is 6.42 Å². The van der Waals surface area contributed by atoms with E-state index in [1.165, 1.54) is 4.90 Å². The zero-order valence-corrected chi connectivity index (χ0v) is 11.7. The Balaban J connectivity index is 2.36. The Morgan fingerprint density at radius 2 is 2.06 bits per heavy atom. The third-order valence-electron chi connectivity index (χ3n) is 3.29. The largest absolute Gasteiger partial charge is 0.274 e. The second-order valence-electron chi connectivity index (χ2n) is 4.43. The van der Waals surface area contributed by atoms with Gasteiger partial charge in [-0.25, -0.2) is 4.90 Å². The van der Waals surface area contributed by atoms with Gasteiger partial charge in [-0.3, -0.25) is 9.59 Å². The summed E-state index contributed by atoms with van der Waals surface area (Å²) in [6.07, 6.45) is 0.324. The minimum Gasteiger partial charge on any atom is -0.274 e. The van der Waals surface area contributed by atoms with E-state index in [2.05, 4.69) is 0 Å². The second kappa shape index (κ2) is 5.14. The molecule has 2 rings (SSSR count). The molecule has 1 aliphatic rings. The van der Waals surface area contributed by atoms with Gasteiger partial charge in [-0.2, -0.15) is 0 Å². The first-order valence-corrected chi connectivity index (χ1v) is 7.15. The fourth-order valence-electron chi connectivity index (χ4n) is 2.17. The standard InChI is InChI=1S/C14H17NO2S/c1-4-18-12-8-13(16)15(14(12)17)11-7-5-6-9(2)10(11)3/h5-7,12H,4,8H2,1-3H3/t12-/m0/s1. The maximum atomic E-state index is 12.3. The number of rotatable bonds is 3. The van der Waals surface area contributed by atoms with Crippen molar-refractivity contribution in [1.82, 2.24) is 0 Å². The van der Waals surface area contributed by atoms with E-state index in [9.17, 15) is 9.59 Å². The van der Waals surface area contributed by atoms with Gasteiger partial charge in [0.1, 0.15) is 0 Å². The molecule has 1 saturated heterocycles. The molecule has 0 unspecified atom stereocenters. The van der Waals surface area contributed by atoms with E-state index in [-0.39, 0.29) is 17.1 Å². The molecule has 18 heavy (non-hydrogen) atoms. The van der Waals surface area contributed by atoms with Gasteiger partial charge in [-0.15, -0.1) is 11.8 Å². The molecule has 0 bridgehead atoms. The summed E-state index contributed by atoms with van der Waals surface area (Å²) in [5.74, 6) is 0.699. The van der Waals surface area contributed by atoms with Crippen molar-refractivity contribution in [2.75, 3.05) is 10.7 Å². The molecule has 3 nitrogen and oxygen atoms in total. The van der Waals surface area contributed by atoms with Gasteiger partial charge in [-0.05, 0) is 36.8 Å². The lowest BCUT2D eigenvalue weighted by Gasteiger charge is -2.18. The highest BCUT2D eigenvalue weighted by molar-refractivity contribution is 8.00. The van der Waals surface area contributed by atoms with Crippen LogP contribution in [-0.2, 0) is 9.59 Å². The summed E-state index contributed by atoms with van der Waals surface area (Å²) in [5.41, 5.74) is 2.84. The quantitative estimate of drug-likeness (QED) is 0.787. The molecule has 1 heterocycles. The average molecular weight is 263 g/mol. The van der Waals surface area contributed by atoms with E-state index >= 15 is 0 Å². The Labute approximate surface area is 112 Å². The molecule has 1 atom stereocenters. The molecule has 1 fully saturated rings. The monoisotopic (exact) mass is 263 g/mol.